The third-order valence-corrected chi connectivity index (χ3v) is 5.81. The van der Waals surface area contributed by atoms with E-state index in [9.17, 15) is 13.2 Å². The molecule has 0 unspecified atom stereocenters. The van der Waals surface area contributed by atoms with E-state index in [1.807, 2.05) is 31.2 Å². The van der Waals surface area contributed by atoms with Crippen LogP contribution in [0.1, 0.15) is 33.3 Å². The zero-order valence-corrected chi connectivity index (χ0v) is 18.2. The molecule has 29 heavy (non-hydrogen) atoms. The molecule has 7 nitrogen and oxygen atoms in total. The Hall–Kier alpha value is -2.58. The molecule has 2 aromatic rings. The van der Waals surface area contributed by atoms with Crippen molar-refractivity contribution in [3.63, 3.8) is 0 Å². The fraction of sp³-hybridized carbons (Fsp3) is 0.381. The van der Waals surface area contributed by atoms with Gasteiger partial charge >= 0.3 is 0 Å². The fourth-order valence-electron chi connectivity index (χ4n) is 2.72. The SMILES string of the molecule is CCc1ccccc1O[C@H](C)C(=O)Nc1cc(S(=O)(=O)NC(C)C)ccc1OC. The van der Waals surface area contributed by atoms with Crippen LogP contribution in [0, 0.1) is 0 Å². The molecule has 2 N–H and O–H groups in total. The maximum absolute atomic E-state index is 12.7. The number of para-hydroxylation sites is 1. The predicted octanol–water partition coefficient (Wildman–Crippen LogP) is 3.35. The van der Waals surface area contributed by atoms with Gasteiger partial charge in [0.15, 0.2) is 6.10 Å². The lowest BCUT2D eigenvalue weighted by atomic mass is 10.1. The van der Waals surface area contributed by atoms with Gasteiger partial charge in [0.25, 0.3) is 5.91 Å². The summed E-state index contributed by atoms with van der Waals surface area (Å²) in [5, 5.41) is 2.70. The zero-order chi connectivity index (χ0) is 21.6. The molecule has 0 radical (unpaired) electrons. The van der Waals surface area contributed by atoms with Crippen molar-refractivity contribution >= 4 is 21.6 Å². The van der Waals surface area contributed by atoms with Crippen molar-refractivity contribution in [1.29, 1.82) is 0 Å². The van der Waals surface area contributed by atoms with E-state index < -0.39 is 22.0 Å². The minimum atomic E-state index is -3.71. The molecule has 0 fully saturated rings. The summed E-state index contributed by atoms with van der Waals surface area (Å²) in [6, 6.07) is 11.6. The van der Waals surface area contributed by atoms with Crippen molar-refractivity contribution in [3.05, 3.63) is 48.0 Å². The van der Waals surface area contributed by atoms with Crippen molar-refractivity contribution in [1.82, 2.24) is 4.72 Å². The highest BCUT2D eigenvalue weighted by molar-refractivity contribution is 7.89. The molecule has 2 rings (SSSR count). The van der Waals surface area contributed by atoms with E-state index in [-0.39, 0.29) is 16.6 Å². The molecule has 2 aromatic carbocycles. The minimum absolute atomic E-state index is 0.0344. The maximum atomic E-state index is 12.7. The van der Waals surface area contributed by atoms with Crippen molar-refractivity contribution < 1.29 is 22.7 Å². The molecule has 0 aromatic heterocycles. The number of carbonyl (C=O) groups is 1. The lowest BCUT2D eigenvalue weighted by Gasteiger charge is -2.18. The Morgan fingerprint density at radius 1 is 1.07 bits per heavy atom. The number of carbonyl (C=O) groups excluding carboxylic acids is 1. The van der Waals surface area contributed by atoms with Crippen LogP contribution in [-0.4, -0.2) is 33.6 Å². The minimum Gasteiger partial charge on any atom is -0.495 e. The molecule has 0 bridgehead atoms. The van der Waals surface area contributed by atoms with Crippen LogP contribution in [0.2, 0.25) is 0 Å². The lowest BCUT2D eigenvalue weighted by molar-refractivity contribution is -0.122. The van der Waals surface area contributed by atoms with Crippen LogP contribution in [-0.2, 0) is 21.2 Å². The van der Waals surface area contributed by atoms with Gasteiger partial charge in [-0.05, 0) is 57.0 Å². The second-order valence-electron chi connectivity index (χ2n) is 6.85. The first kappa shape index (κ1) is 22.7. The molecular weight excluding hydrogens is 392 g/mol. The van der Waals surface area contributed by atoms with E-state index in [0.29, 0.717) is 11.5 Å². The number of sulfonamides is 1. The number of ether oxygens (including phenoxy) is 2. The smallest absolute Gasteiger partial charge is 0.265 e. The molecule has 0 spiro atoms. The number of anilines is 1. The molecular formula is C21H28N2O5S. The van der Waals surface area contributed by atoms with Crippen molar-refractivity contribution in [2.45, 2.75) is 51.2 Å². The van der Waals surface area contributed by atoms with E-state index in [1.165, 1.54) is 25.3 Å². The van der Waals surface area contributed by atoms with Gasteiger partial charge in [0.2, 0.25) is 10.0 Å². The molecule has 0 saturated carbocycles. The Labute approximate surface area is 172 Å². The van der Waals surface area contributed by atoms with Crippen LogP contribution in [0.4, 0.5) is 5.69 Å². The summed E-state index contributed by atoms with van der Waals surface area (Å²) in [6.45, 7) is 7.11. The predicted molar refractivity (Wildman–Crippen MR) is 113 cm³/mol. The number of hydrogen-bond acceptors (Lipinski definition) is 5. The van der Waals surface area contributed by atoms with Crippen LogP contribution in [0.3, 0.4) is 0 Å². The Balaban J connectivity index is 2.23. The second-order valence-corrected chi connectivity index (χ2v) is 8.56. The highest BCUT2D eigenvalue weighted by Crippen LogP contribution is 2.28. The number of rotatable bonds is 9. The Kier molecular flexibility index (Phi) is 7.64. The molecule has 158 valence electrons. The van der Waals surface area contributed by atoms with E-state index >= 15 is 0 Å². The molecule has 0 heterocycles. The standard InChI is InChI=1S/C21H28N2O5S/c1-6-16-9-7-8-10-19(16)28-15(4)21(24)22-18-13-17(11-12-20(18)27-5)29(25,26)23-14(2)3/h7-15,23H,6H2,1-5H3,(H,22,24)/t15-/m1/s1. The van der Waals surface area contributed by atoms with Gasteiger partial charge in [-0.25, -0.2) is 13.1 Å². The van der Waals surface area contributed by atoms with Gasteiger partial charge < -0.3 is 14.8 Å². The normalized spacial score (nSPS) is 12.5. The molecule has 1 amide bonds. The summed E-state index contributed by atoms with van der Waals surface area (Å²) in [5.74, 6) is 0.575. The van der Waals surface area contributed by atoms with E-state index in [0.717, 1.165) is 12.0 Å². The second kappa shape index (κ2) is 9.76. The largest absolute Gasteiger partial charge is 0.495 e. The molecule has 1 atom stereocenters. The summed E-state index contributed by atoms with van der Waals surface area (Å²) in [4.78, 5) is 12.7. The number of nitrogens with one attached hydrogen (secondary N) is 2. The van der Waals surface area contributed by atoms with Gasteiger partial charge in [-0.2, -0.15) is 0 Å². The van der Waals surface area contributed by atoms with Crippen LogP contribution in [0.25, 0.3) is 0 Å². The zero-order valence-electron chi connectivity index (χ0n) is 17.4. The monoisotopic (exact) mass is 420 g/mol. The molecule has 0 saturated heterocycles. The van der Waals surface area contributed by atoms with Gasteiger partial charge in [-0.3, -0.25) is 4.79 Å². The molecule has 0 aliphatic rings. The summed E-state index contributed by atoms with van der Waals surface area (Å²) in [5.41, 5.74) is 1.25. The highest BCUT2D eigenvalue weighted by atomic mass is 32.2. The average molecular weight is 421 g/mol. The van der Waals surface area contributed by atoms with Gasteiger partial charge in [0, 0.05) is 6.04 Å². The van der Waals surface area contributed by atoms with Crippen LogP contribution in [0.15, 0.2) is 47.4 Å². The van der Waals surface area contributed by atoms with E-state index in [4.69, 9.17) is 9.47 Å². The van der Waals surface area contributed by atoms with E-state index in [2.05, 4.69) is 10.0 Å². The summed E-state index contributed by atoms with van der Waals surface area (Å²) in [7, 11) is -2.26. The van der Waals surface area contributed by atoms with Crippen LogP contribution in [0.5, 0.6) is 11.5 Å². The third kappa shape index (κ3) is 5.95. The van der Waals surface area contributed by atoms with Gasteiger partial charge in [0.05, 0.1) is 17.7 Å². The quantitative estimate of drug-likeness (QED) is 0.649. The maximum Gasteiger partial charge on any atom is 0.265 e. The van der Waals surface area contributed by atoms with Crippen molar-refractivity contribution in [3.8, 4) is 11.5 Å². The number of benzene rings is 2. The number of amides is 1. The first-order chi connectivity index (χ1) is 13.7. The Morgan fingerprint density at radius 3 is 2.38 bits per heavy atom. The molecule has 0 aliphatic carbocycles. The number of aryl methyl sites for hydroxylation is 1. The number of methoxy groups -OCH3 is 1. The number of hydrogen-bond donors (Lipinski definition) is 2. The summed E-state index contributed by atoms with van der Waals surface area (Å²) >= 11 is 0. The fourth-order valence-corrected chi connectivity index (χ4v) is 4.00. The van der Waals surface area contributed by atoms with Crippen molar-refractivity contribution in [2.75, 3.05) is 12.4 Å². The Morgan fingerprint density at radius 2 is 1.76 bits per heavy atom. The van der Waals surface area contributed by atoms with Gasteiger partial charge in [-0.15, -0.1) is 0 Å². The first-order valence-corrected chi connectivity index (χ1v) is 10.9. The molecule has 8 heteroatoms. The van der Waals surface area contributed by atoms with Crippen LogP contribution >= 0.6 is 0 Å². The third-order valence-electron chi connectivity index (χ3n) is 4.16. The summed E-state index contributed by atoms with van der Waals surface area (Å²) < 4.78 is 38.5. The van der Waals surface area contributed by atoms with Gasteiger partial charge in [-0.1, -0.05) is 25.1 Å². The Bertz CT molecular complexity index is 957. The lowest BCUT2D eigenvalue weighted by Crippen LogP contribution is -2.31. The molecule has 0 aliphatic heterocycles. The summed E-state index contributed by atoms with van der Waals surface area (Å²) in [6.07, 6.45) is -0.0115. The highest BCUT2D eigenvalue weighted by Gasteiger charge is 2.21. The van der Waals surface area contributed by atoms with Crippen LogP contribution < -0.4 is 19.5 Å². The average Bonchev–Trinajstić information content (AvgIpc) is 2.67. The van der Waals surface area contributed by atoms with Gasteiger partial charge in [0.1, 0.15) is 11.5 Å². The van der Waals surface area contributed by atoms with E-state index in [1.54, 1.807) is 20.8 Å². The van der Waals surface area contributed by atoms with Crippen molar-refractivity contribution in [2.24, 2.45) is 0 Å². The topological polar surface area (TPSA) is 93.7 Å². The first-order valence-electron chi connectivity index (χ1n) is 9.43.